The highest BCUT2D eigenvalue weighted by atomic mass is 32.2. The number of benzene rings is 1. The highest BCUT2D eigenvalue weighted by Crippen LogP contribution is 2.17. The van der Waals surface area contributed by atoms with E-state index < -0.39 is 10.0 Å². The number of ether oxygens (including phenoxy) is 1. The van der Waals surface area contributed by atoms with Gasteiger partial charge in [-0.3, -0.25) is 4.99 Å². The predicted octanol–water partition coefficient (Wildman–Crippen LogP) is 2.08. The SMILES string of the molecule is CN=C(NCc1ccccc1CS(=O)(=O)N1CCOCC1)NCc1sccc1C. The first-order valence-corrected chi connectivity index (χ1v) is 12.1. The van der Waals surface area contributed by atoms with Crippen LogP contribution in [0.2, 0.25) is 0 Å². The fraction of sp³-hybridized carbons (Fsp3) is 0.450. The maximum atomic E-state index is 12.8. The molecule has 0 radical (unpaired) electrons. The Bertz CT molecular complexity index is 935. The van der Waals surface area contributed by atoms with Crippen LogP contribution in [0.1, 0.15) is 21.6 Å². The van der Waals surface area contributed by atoms with Crippen LogP contribution in [-0.2, 0) is 33.6 Å². The Morgan fingerprint density at radius 3 is 2.48 bits per heavy atom. The summed E-state index contributed by atoms with van der Waals surface area (Å²) >= 11 is 1.71. The molecular formula is C20H28N4O3S2. The third-order valence-corrected chi connectivity index (χ3v) is 7.72. The normalized spacial score (nSPS) is 16.0. The number of aryl methyl sites for hydroxylation is 1. The average molecular weight is 437 g/mol. The number of nitrogens with zero attached hydrogens (tertiary/aromatic N) is 2. The van der Waals surface area contributed by atoms with Crippen LogP contribution >= 0.6 is 11.3 Å². The third kappa shape index (κ3) is 6.02. The van der Waals surface area contributed by atoms with Gasteiger partial charge in [-0.1, -0.05) is 24.3 Å². The Labute approximate surface area is 176 Å². The highest BCUT2D eigenvalue weighted by Gasteiger charge is 2.25. The van der Waals surface area contributed by atoms with E-state index in [-0.39, 0.29) is 5.75 Å². The lowest BCUT2D eigenvalue weighted by molar-refractivity contribution is 0.0729. The lowest BCUT2D eigenvalue weighted by Gasteiger charge is -2.26. The van der Waals surface area contributed by atoms with E-state index in [1.54, 1.807) is 18.4 Å². The Balaban J connectivity index is 1.61. The van der Waals surface area contributed by atoms with Gasteiger partial charge in [0.1, 0.15) is 0 Å². The summed E-state index contributed by atoms with van der Waals surface area (Å²) in [7, 11) is -1.64. The molecule has 1 saturated heterocycles. The summed E-state index contributed by atoms with van der Waals surface area (Å²) in [6.45, 7) is 5.04. The first-order valence-electron chi connectivity index (χ1n) is 9.59. The van der Waals surface area contributed by atoms with Crippen molar-refractivity contribution in [3.05, 3.63) is 57.3 Å². The molecule has 1 aliphatic rings. The van der Waals surface area contributed by atoms with Crippen molar-refractivity contribution in [2.24, 2.45) is 4.99 Å². The minimum atomic E-state index is -3.37. The van der Waals surface area contributed by atoms with Gasteiger partial charge >= 0.3 is 0 Å². The zero-order valence-electron chi connectivity index (χ0n) is 16.8. The van der Waals surface area contributed by atoms with Crippen LogP contribution in [0.15, 0.2) is 40.7 Å². The molecule has 1 aromatic heterocycles. The summed E-state index contributed by atoms with van der Waals surface area (Å²) in [5.74, 6) is 0.675. The van der Waals surface area contributed by atoms with Crippen molar-refractivity contribution in [2.75, 3.05) is 33.4 Å². The zero-order chi connectivity index (χ0) is 20.7. The standard InChI is InChI=1S/C20H28N4O3S2/c1-16-7-12-28-19(16)14-23-20(21-2)22-13-17-5-3-4-6-18(17)15-29(25,26)24-8-10-27-11-9-24/h3-7,12H,8-11,13-15H2,1-2H3,(H2,21,22,23). The molecule has 158 valence electrons. The van der Waals surface area contributed by atoms with Crippen molar-refractivity contribution < 1.29 is 13.2 Å². The average Bonchev–Trinajstić information content (AvgIpc) is 3.14. The summed E-state index contributed by atoms with van der Waals surface area (Å²) < 4.78 is 32.4. The summed E-state index contributed by atoms with van der Waals surface area (Å²) in [4.78, 5) is 5.54. The topological polar surface area (TPSA) is 83.0 Å². The molecule has 9 heteroatoms. The molecule has 0 spiro atoms. The van der Waals surface area contributed by atoms with Crippen LogP contribution in [0.4, 0.5) is 0 Å². The van der Waals surface area contributed by atoms with Gasteiger partial charge in [-0.2, -0.15) is 4.31 Å². The number of aliphatic imine (C=N–C) groups is 1. The van der Waals surface area contributed by atoms with E-state index in [2.05, 4.69) is 34.0 Å². The molecule has 1 aromatic carbocycles. The van der Waals surface area contributed by atoms with Gasteiger partial charge in [0.15, 0.2) is 5.96 Å². The first-order chi connectivity index (χ1) is 14.0. The van der Waals surface area contributed by atoms with E-state index >= 15 is 0 Å². The van der Waals surface area contributed by atoms with Crippen LogP contribution < -0.4 is 10.6 Å². The van der Waals surface area contributed by atoms with Gasteiger partial charge < -0.3 is 15.4 Å². The van der Waals surface area contributed by atoms with Crippen molar-refractivity contribution in [3.8, 4) is 0 Å². The van der Waals surface area contributed by atoms with Crippen LogP contribution in [0.25, 0.3) is 0 Å². The molecule has 7 nitrogen and oxygen atoms in total. The number of morpholine rings is 1. The largest absolute Gasteiger partial charge is 0.379 e. The molecule has 2 aromatic rings. The monoisotopic (exact) mass is 436 g/mol. The molecule has 0 aliphatic carbocycles. The molecule has 3 rings (SSSR count). The van der Waals surface area contributed by atoms with Crippen molar-refractivity contribution in [1.82, 2.24) is 14.9 Å². The molecule has 1 aliphatic heterocycles. The van der Waals surface area contributed by atoms with Gasteiger partial charge in [-0.05, 0) is 35.1 Å². The van der Waals surface area contributed by atoms with Gasteiger partial charge in [0.05, 0.1) is 25.5 Å². The van der Waals surface area contributed by atoms with E-state index in [1.807, 2.05) is 24.3 Å². The lowest BCUT2D eigenvalue weighted by atomic mass is 10.1. The smallest absolute Gasteiger partial charge is 0.218 e. The Morgan fingerprint density at radius 1 is 1.14 bits per heavy atom. The van der Waals surface area contributed by atoms with E-state index in [0.29, 0.717) is 45.4 Å². The first kappa shape index (κ1) is 21.8. The summed E-state index contributed by atoms with van der Waals surface area (Å²) in [5, 5.41) is 8.68. The number of rotatable bonds is 7. The summed E-state index contributed by atoms with van der Waals surface area (Å²) in [6, 6.07) is 9.73. The van der Waals surface area contributed by atoms with Gasteiger partial charge in [0.2, 0.25) is 10.0 Å². The molecule has 2 N–H and O–H groups in total. The van der Waals surface area contributed by atoms with E-state index in [0.717, 1.165) is 11.1 Å². The van der Waals surface area contributed by atoms with Gasteiger partial charge in [-0.15, -0.1) is 11.3 Å². The van der Waals surface area contributed by atoms with E-state index in [9.17, 15) is 8.42 Å². The van der Waals surface area contributed by atoms with Crippen LogP contribution in [-0.4, -0.2) is 52.0 Å². The van der Waals surface area contributed by atoms with E-state index in [4.69, 9.17) is 4.74 Å². The van der Waals surface area contributed by atoms with Crippen LogP contribution in [0.3, 0.4) is 0 Å². The zero-order valence-corrected chi connectivity index (χ0v) is 18.5. The maximum Gasteiger partial charge on any atom is 0.218 e. The fourth-order valence-corrected chi connectivity index (χ4v) is 5.54. The highest BCUT2D eigenvalue weighted by molar-refractivity contribution is 7.88. The minimum absolute atomic E-state index is 0.00866. The molecule has 0 unspecified atom stereocenters. The minimum Gasteiger partial charge on any atom is -0.379 e. The quantitative estimate of drug-likeness (QED) is 0.513. The number of sulfonamides is 1. The van der Waals surface area contributed by atoms with Gasteiger partial charge in [-0.25, -0.2) is 8.42 Å². The predicted molar refractivity (Wildman–Crippen MR) is 118 cm³/mol. The molecule has 29 heavy (non-hydrogen) atoms. The summed E-state index contributed by atoms with van der Waals surface area (Å²) in [6.07, 6.45) is 0. The molecule has 0 bridgehead atoms. The van der Waals surface area contributed by atoms with Crippen molar-refractivity contribution in [1.29, 1.82) is 0 Å². The van der Waals surface area contributed by atoms with Crippen LogP contribution in [0, 0.1) is 6.92 Å². The van der Waals surface area contributed by atoms with Crippen LogP contribution in [0.5, 0.6) is 0 Å². The fourth-order valence-electron chi connectivity index (χ4n) is 3.13. The number of hydrogen-bond donors (Lipinski definition) is 2. The van der Waals surface area contributed by atoms with Gasteiger partial charge in [0, 0.05) is 31.6 Å². The number of nitrogens with one attached hydrogen (secondary N) is 2. The van der Waals surface area contributed by atoms with Crippen molar-refractivity contribution in [3.63, 3.8) is 0 Å². The molecule has 1 fully saturated rings. The molecular weight excluding hydrogens is 408 g/mol. The maximum absolute atomic E-state index is 12.8. The lowest BCUT2D eigenvalue weighted by Crippen LogP contribution is -2.41. The summed E-state index contributed by atoms with van der Waals surface area (Å²) in [5.41, 5.74) is 3.01. The molecule has 0 amide bonds. The molecule has 2 heterocycles. The Kier molecular flexibility index (Phi) is 7.65. The third-order valence-electron chi connectivity index (χ3n) is 4.87. The Hall–Kier alpha value is -1.94. The van der Waals surface area contributed by atoms with E-state index in [1.165, 1.54) is 14.7 Å². The van der Waals surface area contributed by atoms with Gasteiger partial charge in [0.25, 0.3) is 0 Å². The number of thiophene rings is 1. The molecule has 0 atom stereocenters. The second kappa shape index (κ2) is 10.2. The second-order valence-electron chi connectivity index (χ2n) is 6.84. The Morgan fingerprint density at radius 2 is 1.83 bits per heavy atom. The second-order valence-corrected chi connectivity index (χ2v) is 9.81. The molecule has 0 saturated carbocycles. The van der Waals surface area contributed by atoms with Crippen molar-refractivity contribution >= 4 is 27.3 Å². The van der Waals surface area contributed by atoms with Crippen molar-refractivity contribution in [2.45, 2.75) is 25.8 Å². The number of guanidine groups is 1. The number of hydrogen-bond acceptors (Lipinski definition) is 5.